The molecule has 0 radical (unpaired) electrons. The third-order valence-corrected chi connectivity index (χ3v) is 6.99. The molecule has 0 atom stereocenters. The topological polar surface area (TPSA) is 49.2 Å². The number of pyridine rings is 2. The van der Waals surface area contributed by atoms with Gasteiger partial charge in [0.15, 0.2) is 0 Å². The van der Waals surface area contributed by atoms with Crippen LogP contribution in [0.15, 0.2) is 97.2 Å². The Morgan fingerprint density at radius 3 is 2.10 bits per heavy atom. The van der Waals surface area contributed by atoms with Crippen LogP contribution < -0.4 is 4.90 Å². The maximum atomic E-state index is 10.8. The van der Waals surface area contributed by atoms with Gasteiger partial charge in [0.25, 0.3) is 0 Å². The zero-order valence-corrected chi connectivity index (χ0v) is 25.8. The van der Waals surface area contributed by atoms with Crippen molar-refractivity contribution in [2.24, 2.45) is 0 Å². The minimum atomic E-state index is 0. The number of hydrogen-bond donors (Lipinski definition) is 1. The predicted molar refractivity (Wildman–Crippen MR) is 161 cm³/mol. The van der Waals surface area contributed by atoms with Gasteiger partial charge in [-0.25, -0.2) is 4.98 Å². The molecule has 5 rings (SSSR count). The van der Waals surface area contributed by atoms with Gasteiger partial charge < -0.3 is 10.0 Å². The smallest absolute Gasteiger partial charge is 0.136 e. The SMILES string of the molecule is Cc1cccc(-c2[c-]c(N(c3cc(C(C)C)cc(C(C)C)c3)c3cccc(-c4ccccn4)n3)ccc2)c1O.[Pt]. The molecule has 0 fully saturated rings. The fraction of sp³-hybridized carbons (Fsp3) is 0.200. The van der Waals surface area contributed by atoms with Crippen LogP contribution in [-0.4, -0.2) is 15.1 Å². The van der Waals surface area contributed by atoms with Crippen LogP contribution in [-0.2, 0) is 21.1 Å². The zero-order valence-electron chi connectivity index (χ0n) is 23.5. The number of nitrogens with zero attached hydrogens (tertiary/aromatic N) is 3. The van der Waals surface area contributed by atoms with E-state index < -0.39 is 0 Å². The van der Waals surface area contributed by atoms with Crippen molar-refractivity contribution >= 4 is 17.2 Å². The number of anilines is 3. The van der Waals surface area contributed by atoms with Gasteiger partial charge in [-0.05, 0) is 77.5 Å². The van der Waals surface area contributed by atoms with Crippen LogP contribution in [0.4, 0.5) is 17.2 Å². The number of phenols is 1. The maximum absolute atomic E-state index is 10.8. The van der Waals surface area contributed by atoms with Crippen molar-refractivity contribution < 1.29 is 26.2 Å². The number of rotatable bonds is 7. The van der Waals surface area contributed by atoms with E-state index in [9.17, 15) is 5.11 Å². The van der Waals surface area contributed by atoms with E-state index >= 15 is 0 Å². The molecular weight excluding hydrogens is 673 g/mol. The third-order valence-electron chi connectivity index (χ3n) is 6.99. The first-order valence-corrected chi connectivity index (χ1v) is 13.5. The normalized spacial score (nSPS) is 11.0. The van der Waals surface area contributed by atoms with Crippen LogP contribution in [0.5, 0.6) is 5.75 Å². The van der Waals surface area contributed by atoms with Crippen molar-refractivity contribution in [3.8, 4) is 28.3 Å². The van der Waals surface area contributed by atoms with E-state index in [0.29, 0.717) is 11.8 Å². The molecule has 0 aliphatic heterocycles. The Balaban J connectivity index is 0.00000370. The monoisotopic (exact) mass is 707 g/mol. The van der Waals surface area contributed by atoms with E-state index in [1.807, 2.05) is 79.7 Å². The number of hydrogen-bond acceptors (Lipinski definition) is 4. The number of aromatic hydroxyl groups is 1. The average molecular weight is 708 g/mol. The van der Waals surface area contributed by atoms with Crippen molar-refractivity contribution in [3.05, 3.63) is 120 Å². The second kappa shape index (κ2) is 12.6. The molecule has 0 spiro atoms. The van der Waals surface area contributed by atoms with Crippen molar-refractivity contribution in [1.82, 2.24) is 9.97 Å². The summed E-state index contributed by atoms with van der Waals surface area (Å²) in [6.45, 7) is 10.8. The second-order valence-electron chi connectivity index (χ2n) is 10.5. The summed E-state index contributed by atoms with van der Waals surface area (Å²) < 4.78 is 0. The number of aromatic nitrogens is 2. The molecule has 0 bridgehead atoms. The summed E-state index contributed by atoms with van der Waals surface area (Å²) in [5.41, 5.74) is 8.44. The van der Waals surface area contributed by atoms with E-state index in [1.165, 1.54) is 11.1 Å². The molecule has 3 aromatic carbocycles. The molecule has 40 heavy (non-hydrogen) atoms. The molecule has 2 heterocycles. The molecule has 0 aliphatic carbocycles. The predicted octanol–water partition coefficient (Wildman–Crippen LogP) is 9.34. The summed E-state index contributed by atoms with van der Waals surface area (Å²) in [4.78, 5) is 11.8. The largest absolute Gasteiger partial charge is 0.517 e. The Hall–Kier alpha value is -3.75. The molecule has 5 aromatic rings. The molecule has 2 aromatic heterocycles. The Bertz CT molecular complexity index is 1570. The number of phenolic OH excluding ortho intramolecular Hbond substituents is 1. The number of aryl methyl sites for hydroxylation is 1. The summed E-state index contributed by atoms with van der Waals surface area (Å²) in [7, 11) is 0. The summed E-state index contributed by atoms with van der Waals surface area (Å²) in [5.74, 6) is 1.79. The van der Waals surface area contributed by atoms with Crippen LogP contribution in [0.25, 0.3) is 22.5 Å². The minimum Gasteiger partial charge on any atom is -0.517 e. The standard InChI is InChI=1S/C35H34N3O.Pt/c1-23(2)27-19-28(24(3)4)22-30(21-27)38(34-17-10-16-33(37-34)32-15-6-7-18-36-32)29-13-9-12-26(20-29)31-14-8-11-25(5)35(31)39;/h6-19,21-24,39H,1-5H3;/q-1;. The molecule has 4 nitrogen and oxygen atoms in total. The molecule has 0 saturated heterocycles. The molecule has 206 valence electrons. The van der Waals surface area contributed by atoms with Gasteiger partial charge in [-0.2, -0.15) is 0 Å². The van der Waals surface area contributed by atoms with Crippen molar-refractivity contribution in [2.75, 3.05) is 4.90 Å². The van der Waals surface area contributed by atoms with Gasteiger partial charge >= 0.3 is 0 Å². The Labute approximate surface area is 252 Å². The van der Waals surface area contributed by atoms with Gasteiger partial charge in [0.2, 0.25) is 0 Å². The first-order valence-electron chi connectivity index (χ1n) is 13.5. The molecule has 0 aliphatic rings. The van der Waals surface area contributed by atoms with Gasteiger partial charge in [0, 0.05) is 32.9 Å². The van der Waals surface area contributed by atoms with E-state index in [1.54, 1.807) is 6.20 Å². The van der Waals surface area contributed by atoms with Crippen molar-refractivity contribution in [1.29, 1.82) is 0 Å². The van der Waals surface area contributed by atoms with Gasteiger partial charge in [-0.15, -0.1) is 29.8 Å². The van der Waals surface area contributed by atoms with E-state index in [0.717, 1.165) is 45.3 Å². The summed E-state index contributed by atoms with van der Waals surface area (Å²) >= 11 is 0. The van der Waals surface area contributed by atoms with E-state index in [4.69, 9.17) is 4.98 Å². The summed E-state index contributed by atoms with van der Waals surface area (Å²) in [6.07, 6.45) is 1.79. The van der Waals surface area contributed by atoms with Gasteiger partial charge in [-0.1, -0.05) is 69.7 Å². The van der Waals surface area contributed by atoms with Crippen LogP contribution in [0.3, 0.4) is 0 Å². The Morgan fingerprint density at radius 2 is 1.43 bits per heavy atom. The van der Waals surface area contributed by atoms with Gasteiger partial charge in [0.05, 0.1) is 17.1 Å². The fourth-order valence-corrected chi connectivity index (χ4v) is 4.67. The zero-order chi connectivity index (χ0) is 27.5. The molecular formula is C35H34N3OPt-. The van der Waals surface area contributed by atoms with Crippen molar-refractivity contribution in [2.45, 2.75) is 46.5 Å². The molecule has 0 amide bonds. The Kier molecular flexibility index (Phi) is 9.22. The first-order chi connectivity index (χ1) is 18.8. The van der Waals surface area contributed by atoms with Crippen LogP contribution >= 0.6 is 0 Å². The quantitative estimate of drug-likeness (QED) is 0.171. The minimum absolute atomic E-state index is 0. The van der Waals surface area contributed by atoms with Crippen LogP contribution in [0, 0.1) is 13.0 Å². The molecule has 0 saturated carbocycles. The van der Waals surface area contributed by atoms with Crippen LogP contribution in [0.2, 0.25) is 0 Å². The average Bonchev–Trinajstić information content (AvgIpc) is 2.95. The molecule has 5 heteroatoms. The second-order valence-corrected chi connectivity index (χ2v) is 10.5. The summed E-state index contributed by atoms with van der Waals surface area (Å²) in [6, 6.07) is 34.1. The third kappa shape index (κ3) is 6.18. The fourth-order valence-electron chi connectivity index (χ4n) is 4.67. The Morgan fingerprint density at radius 1 is 0.750 bits per heavy atom. The van der Waals surface area contributed by atoms with E-state index in [-0.39, 0.29) is 26.8 Å². The van der Waals surface area contributed by atoms with Gasteiger partial charge in [-0.3, -0.25) is 4.98 Å². The maximum Gasteiger partial charge on any atom is 0.136 e. The van der Waals surface area contributed by atoms with E-state index in [2.05, 4.69) is 61.8 Å². The van der Waals surface area contributed by atoms with Crippen LogP contribution in [0.1, 0.15) is 56.2 Å². The number of benzene rings is 3. The van der Waals surface area contributed by atoms with Crippen molar-refractivity contribution in [3.63, 3.8) is 0 Å². The molecule has 1 N–H and O–H groups in total. The first kappa shape index (κ1) is 29.2. The summed E-state index contributed by atoms with van der Waals surface area (Å²) in [5, 5.41) is 10.8. The van der Waals surface area contributed by atoms with Gasteiger partial charge in [0.1, 0.15) is 5.82 Å². The molecule has 0 unspecified atom stereocenters. The number of para-hydroxylation sites is 1.